The van der Waals surface area contributed by atoms with E-state index in [2.05, 4.69) is 42.2 Å². The minimum absolute atomic E-state index is 0.235. The molecule has 0 aliphatic heterocycles. The Morgan fingerprint density at radius 1 is 0.773 bits per heavy atom. The summed E-state index contributed by atoms with van der Waals surface area (Å²) in [5, 5.41) is 0. The molecule has 0 saturated heterocycles. The van der Waals surface area contributed by atoms with E-state index in [1.54, 1.807) is 12.1 Å². The van der Waals surface area contributed by atoms with Crippen LogP contribution in [0.3, 0.4) is 0 Å². The Balaban J connectivity index is 1.76. The number of aryl methyl sites for hydroxylation is 1. The second-order valence-corrected chi connectivity index (χ2v) is 5.23. The molecule has 0 bridgehead atoms. The standard InChI is InChI=1S/C20H16FN/c1-15-2-4-16(5-3-15)6-7-17-8-13-20(22-14-17)18-9-11-19(21)12-10-18/h2-14H,1H3/b7-6+. The fourth-order valence-corrected chi connectivity index (χ4v) is 2.17. The number of halogens is 1. The number of hydrogen-bond acceptors (Lipinski definition) is 1. The summed E-state index contributed by atoms with van der Waals surface area (Å²) in [6.07, 6.45) is 5.92. The Labute approximate surface area is 129 Å². The first kappa shape index (κ1) is 14.2. The molecule has 0 radical (unpaired) electrons. The number of aromatic nitrogens is 1. The summed E-state index contributed by atoms with van der Waals surface area (Å²) >= 11 is 0. The van der Waals surface area contributed by atoms with E-state index < -0.39 is 0 Å². The number of rotatable bonds is 3. The molecular formula is C20H16FN. The highest BCUT2D eigenvalue weighted by Gasteiger charge is 1.99. The molecule has 0 amide bonds. The monoisotopic (exact) mass is 289 g/mol. The fraction of sp³-hybridized carbons (Fsp3) is 0.0500. The van der Waals surface area contributed by atoms with Gasteiger partial charge in [-0.2, -0.15) is 0 Å². The molecule has 108 valence electrons. The van der Waals surface area contributed by atoms with Gasteiger partial charge in [-0.15, -0.1) is 0 Å². The first-order valence-electron chi connectivity index (χ1n) is 7.17. The highest BCUT2D eigenvalue weighted by atomic mass is 19.1. The molecule has 0 aliphatic rings. The zero-order chi connectivity index (χ0) is 15.4. The molecule has 0 N–H and O–H groups in total. The molecule has 2 aromatic carbocycles. The van der Waals surface area contributed by atoms with E-state index in [1.807, 2.05) is 24.4 Å². The molecule has 0 spiro atoms. The van der Waals surface area contributed by atoms with Crippen LogP contribution in [0.4, 0.5) is 4.39 Å². The van der Waals surface area contributed by atoms with Gasteiger partial charge in [0.1, 0.15) is 5.82 Å². The van der Waals surface area contributed by atoms with Crippen molar-refractivity contribution in [3.8, 4) is 11.3 Å². The second kappa shape index (κ2) is 6.35. The third-order valence-corrected chi connectivity index (χ3v) is 3.47. The predicted octanol–water partition coefficient (Wildman–Crippen LogP) is 5.37. The van der Waals surface area contributed by atoms with Crippen molar-refractivity contribution in [1.82, 2.24) is 4.98 Å². The Morgan fingerprint density at radius 3 is 2.05 bits per heavy atom. The fourth-order valence-electron chi connectivity index (χ4n) is 2.17. The Hall–Kier alpha value is -2.74. The highest BCUT2D eigenvalue weighted by Crippen LogP contribution is 2.18. The van der Waals surface area contributed by atoms with Crippen LogP contribution in [0.25, 0.3) is 23.4 Å². The zero-order valence-corrected chi connectivity index (χ0v) is 12.3. The lowest BCUT2D eigenvalue weighted by atomic mass is 10.1. The summed E-state index contributed by atoms with van der Waals surface area (Å²) in [6, 6.07) is 18.7. The molecule has 1 aromatic heterocycles. The van der Waals surface area contributed by atoms with Crippen molar-refractivity contribution in [2.75, 3.05) is 0 Å². The van der Waals surface area contributed by atoms with Gasteiger partial charge < -0.3 is 0 Å². The van der Waals surface area contributed by atoms with Crippen molar-refractivity contribution in [3.63, 3.8) is 0 Å². The predicted molar refractivity (Wildman–Crippen MR) is 89.7 cm³/mol. The molecule has 22 heavy (non-hydrogen) atoms. The van der Waals surface area contributed by atoms with Crippen LogP contribution >= 0.6 is 0 Å². The number of hydrogen-bond donors (Lipinski definition) is 0. The van der Waals surface area contributed by atoms with Crippen molar-refractivity contribution in [1.29, 1.82) is 0 Å². The molecule has 1 heterocycles. The maximum Gasteiger partial charge on any atom is 0.123 e. The number of pyridine rings is 1. The summed E-state index contributed by atoms with van der Waals surface area (Å²) in [5.41, 5.74) is 5.20. The van der Waals surface area contributed by atoms with E-state index >= 15 is 0 Å². The van der Waals surface area contributed by atoms with Crippen LogP contribution in [-0.2, 0) is 0 Å². The number of benzene rings is 2. The summed E-state index contributed by atoms with van der Waals surface area (Å²) < 4.78 is 12.9. The van der Waals surface area contributed by atoms with Crippen LogP contribution in [0.1, 0.15) is 16.7 Å². The van der Waals surface area contributed by atoms with Crippen LogP contribution in [0.15, 0.2) is 66.9 Å². The van der Waals surface area contributed by atoms with Gasteiger partial charge in [0.15, 0.2) is 0 Å². The summed E-state index contributed by atoms with van der Waals surface area (Å²) in [4.78, 5) is 4.43. The lowest BCUT2D eigenvalue weighted by Crippen LogP contribution is -1.84. The van der Waals surface area contributed by atoms with Gasteiger partial charge in [0.25, 0.3) is 0 Å². The van der Waals surface area contributed by atoms with Crippen LogP contribution in [0, 0.1) is 12.7 Å². The van der Waals surface area contributed by atoms with Crippen molar-refractivity contribution in [2.45, 2.75) is 6.92 Å². The summed E-state index contributed by atoms with van der Waals surface area (Å²) in [7, 11) is 0. The SMILES string of the molecule is Cc1ccc(/C=C/c2ccc(-c3ccc(F)cc3)nc2)cc1. The molecule has 3 aromatic rings. The van der Waals surface area contributed by atoms with Crippen molar-refractivity contribution in [2.24, 2.45) is 0 Å². The molecule has 0 aliphatic carbocycles. The molecule has 2 heteroatoms. The van der Waals surface area contributed by atoms with Gasteiger partial charge in [-0.25, -0.2) is 4.39 Å². The molecule has 0 unspecified atom stereocenters. The van der Waals surface area contributed by atoms with E-state index in [9.17, 15) is 4.39 Å². The minimum atomic E-state index is -0.235. The van der Waals surface area contributed by atoms with E-state index in [4.69, 9.17) is 0 Å². The van der Waals surface area contributed by atoms with Gasteiger partial charge in [0.2, 0.25) is 0 Å². The van der Waals surface area contributed by atoms with Crippen molar-refractivity contribution in [3.05, 3.63) is 89.4 Å². The molecule has 0 atom stereocenters. The lowest BCUT2D eigenvalue weighted by molar-refractivity contribution is 0.628. The topological polar surface area (TPSA) is 12.9 Å². The van der Waals surface area contributed by atoms with E-state index in [1.165, 1.54) is 17.7 Å². The molecule has 0 fully saturated rings. The largest absolute Gasteiger partial charge is 0.256 e. The van der Waals surface area contributed by atoms with Crippen molar-refractivity contribution < 1.29 is 4.39 Å². The van der Waals surface area contributed by atoms with Crippen LogP contribution in [-0.4, -0.2) is 4.98 Å². The summed E-state index contributed by atoms with van der Waals surface area (Å²) in [6.45, 7) is 2.07. The maximum absolute atomic E-state index is 12.9. The van der Waals surface area contributed by atoms with E-state index in [0.29, 0.717) is 0 Å². The Bertz CT molecular complexity index is 769. The van der Waals surface area contributed by atoms with Gasteiger partial charge in [0, 0.05) is 11.8 Å². The minimum Gasteiger partial charge on any atom is -0.256 e. The van der Waals surface area contributed by atoms with Gasteiger partial charge in [-0.05, 0) is 48.4 Å². The Morgan fingerprint density at radius 2 is 1.41 bits per heavy atom. The average molecular weight is 289 g/mol. The molecule has 3 rings (SSSR count). The van der Waals surface area contributed by atoms with Crippen LogP contribution in [0.2, 0.25) is 0 Å². The maximum atomic E-state index is 12.9. The summed E-state index contributed by atoms with van der Waals surface area (Å²) in [5.74, 6) is -0.235. The number of nitrogens with zero attached hydrogens (tertiary/aromatic N) is 1. The normalized spacial score (nSPS) is 11.0. The van der Waals surface area contributed by atoms with Gasteiger partial charge in [0.05, 0.1) is 5.69 Å². The third-order valence-electron chi connectivity index (χ3n) is 3.47. The first-order chi connectivity index (χ1) is 10.7. The van der Waals surface area contributed by atoms with Gasteiger partial charge in [-0.3, -0.25) is 4.98 Å². The highest BCUT2D eigenvalue weighted by molar-refractivity contribution is 5.70. The molecular weight excluding hydrogens is 273 g/mol. The Kier molecular flexibility index (Phi) is 4.10. The zero-order valence-electron chi connectivity index (χ0n) is 12.3. The van der Waals surface area contributed by atoms with E-state index in [-0.39, 0.29) is 5.82 Å². The molecule has 0 saturated carbocycles. The quantitative estimate of drug-likeness (QED) is 0.632. The first-order valence-corrected chi connectivity index (χ1v) is 7.17. The smallest absolute Gasteiger partial charge is 0.123 e. The molecule has 1 nitrogen and oxygen atoms in total. The van der Waals surface area contributed by atoms with Crippen LogP contribution in [0.5, 0.6) is 0 Å². The second-order valence-electron chi connectivity index (χ2n) is 5.23. The van der Waals surface area contributed by atoms with Crippen LogP contribution < -0.4 is 0 Å². The third kappa shape index (κ3) is 3.47. The average Bonchev–Trinajstić information content (AvgIpc) is 2.56. The van der Waals surface area contributed by atoms with Gasteiger partial charge >= 0.3 is 0 Å². The van der Waals surface area contributed by atoms with Crippen molar-refractivity contribution >= 4 is 12.2 Å². The van der Waals surface area contributed by atoms with E-state index in [0.717, 1.165) is 22.4 Å². The van der Waals surface area contributed by atoms with Gasteiger partial charge in [-0.1, -0.05) is 48.0 Å². The lowest BCUT2D eigenvalue weighted by Gasteiger charge is -2.01.